The number of hydrogen-bond donors (Lipinski definition) is 7. The van der Waals surface area contributed by atoms with Crippen molar-refractivity contribution in [2.45, 2.75) is 63.2 Å². The number of aliphatic imine (C=N–C) groups is 1. The molecule has 3 amide bonds. The van der Waals surface area contributed by atoms with Crippen molar-refractivity contribution < 1.29 is 24.3 Å². The van der Waals surface area contributed by atoms with Gasteiger partial charge in [0, 0.05) is 6.54 Å². The largest absolute Gasteiger partial charge is 0.480 e. The molecule has 4 atom stereocenters. The standard InChI is InChI=1S/C19H35N7O5S/c1-11(24-16(28)12-5-3-8-22-12)15(27)25-13(7-10-32-2)17(29)26-14(18(30)31)6-4-9-23-19(20)21/h11-14,22H,3-10H2,1-2H3,(H,24,28)(H,25,27)(H,26,29)(H,30,31)(H4,20,21,23). The molecule has 0 radical (unpaired) electrons. The van der Waals surface area contributed by atoms with Crippen molar-refractivity contribution in [2.24, 2.45) is 16.5 Å². The van der Waals surface area contributed by atoms with E-state index in [4.69, 9.17) is 11.5 Å². The van der Waals surface area contributed by atoms with Gasteiger partial charge in [0.2, 0.25) is 17.7 Å². The van der Waals surface area contributed by atoms with E-state index < -0.39 is 35.9 Å². The fourth-order valence-corrected chi connectivity index (χ4v) is 3.59. The maximum Gasteiger partial charge on any atom is 0.326 e. The number of hydrogen-bond acceptors (Lipinski definition) is 7. The van der Waals surface area contributed by atoms with Crippen molar-refractivity contribution in [2.75, 3.05) is 25.1 Å². The first-order chi connectivity index (χ1) is 15.1. The maximum absolute atomic E-state index is 12.7. The fraction of sp³-hybridized carbons (Fsp3) is 0.737. The maximum atomic E-state index is 12.7. The highest BCUT2D eigenvalue weighted by Gasteiger charge is 2.29. The molecule has 0 saturated carbocycles. The van der Waals surface area contributed by atoms with Crippen LogP contribution in [0.25, 0.3) is 0 Å². The summed E-state index contributed by atoms with van der Waals surface area (Å²) in [6, 6.07) is -3.24. The number of amides is 3. The molecular formula is C19H35N7O5S. The average molecular weight is 474 g/mol. The van der Waals surface area contributed by atoms with Crippen molar-refractivity contribution in [3.63, 3.8) is 0 Å². The highest BCUT2D eigenvalue weighted by Crippen LogP contribution is 2.07. The van der Waals surface area contributed by atoms with E-state index >= 15 is 0 Å². The highest BCUT2D eigenvalue weighted by molar-refractivity contribution is 7.98. The summed E-state index contributed by atoms with van der Waals surface area (Å²) in [7, 11) is 0. The third kappa shape index (κ3) is 10.2. The summed E-state index contributed by atoms with van der Waals surface area (Å²) in [5.41, 5.74) is 10.5. The zero-order valence-electron chi connectivity index (χ0n) is 18.6. The van der Waals surface area contributed by atoms with Crippen LogP contribution in [0.3, 0.4) is 0 Å². The Bertz CT molecular complexity index is 681. The van der Waals surface area contributed by atoms with Crippen LogP contribution >= 0.6 is 11.8 Å². The zero-order chi connectivity index (χ0) is 24.1. The Balaban J connectivity index is 2.67. The van der Waals surface area contributed by atoms with Crippen LogP contribution in [0.2, 0.25) is 0 Å². The van der Waals surface area contributed by atoms with Crippen molar-refractivity contribution in [3.05, 3.63) is 0 Å². The number of carboxylic acids is 1. The van der Waals surface area contributed by atoms with Crippen LogP contribution in [0, 0.1) is 0 Å². The van der Waals surface area contributed by atoms with Gasteiger partial charge in [-0.1, -0.05) is 0 Å². The molecule has 1 fully saturated rings. The lowest BCUT2D eigenvalue weighted by Gasteiger charge is -2.23. The van der Waals surface area contributed by atoms with E-state index in [1.165, 1.54) is 18.7 Å². The van der Waals surface area contributed by atoms with E-state index in [9.17, 15) is 24.3 Å². The predicted octanol–water partition coefficient (Wildman–Crippen LogP) is -1.90. The van der Waals surface area contributed by atoms with Gasteiger partial charge in [0.1, 0.15) is 18.1 Å². The quantitative estimate of drug-likeness (QED) is 0.0855. The number of guanidine groups is 1. The first-order valence-electron chi connectivity index (χ1n) is 10.6. The van der Waals surface area contributed by atoms with Crippen LogP contribution in [-0.2, 0) is 19.2 Å². The van der Waals surface area contributed by atoms with Crippen LogP contribution in [0.1, 0.15) is 39.0 Å². The number of carbonyl (C=O) groups is 4. The van der Waals surface area contributed by atoms with Gasteiger partial charge >= 0.3 is 5.97 Å². The number of carboxylic acid groups (broad SMARTS) is 1. The number of nitrogens with two attached hydrogens (primary N) is 2. The SMILES string of the molecule is CSCCC(NC(=O)C(C)NC(=O)C1CCCN1)C(=O)NC(CCCN=C(N)N)C(=O)O. The van der Waals surface area contributed by atoms with Crippen molar-refractivity contribution >= 4 is 41.4 Å². The number of thioether (sulfide) groups is 1. The van der Waals surface area contributed by atoms with E-state index in [0.29, 0.717) is 25.0 Å². The van der Waals surface area contributed by atoms with E-state index in [1.807, 2.05) is 6.26 Å². The Morgan fingerprint density at radius 2 is 1.81 bits per heavy atom. The van der Waals surface area contributed by atoms with Crippen LogP contribution in [0.5, 0.6) is 0 Å². The third-order valence-corrected chi connectivity index (χ3v) is 5.58. The van der Waals surface area contributed by atoms with Crippen LogP contribution in [-0.4, -0.2) is 84.0 Å². The molecule has 1 heterocycles. The average Bonchev–Trinajstić information content (AvgIpc) is 3.27. The molecule has 9 N–H and O–H groups in total. The molecule has 0 aromatic rings. The molecular weight excluding hydrogens is 438 g/mol. The normalized spacial score (nSPS) is 18.1. The van der Waals surface area contributed by atoms with Crippen LogP contribution < -0.4 is 32.7 Å². The summed E-state index contributed by atoms with van der Waals surface area (Å²) in [6.45, 7) is 2.53. The van der Waals surface area contributed by atoms with Gasteiger partial charge in [0.15, 0.2) is 5.96 Å². The van der Waals surface area contributed by atoms with Crippen molar-refractivity contribution in [1.29, 1.82) is 0 Å². The molecule has 13 heteroatoms. The Morgan fingerprint density at radius 3 is 2.38 bits per heavy atom. The Labute approximate surface area is 192 Å². The second-order valence-corrected chi connectivity index (χ2v) is 8.56. The molecule has 0 aromatic carbocycles. The minimum atomic E-state index is -1.19. The van der Waals surface area contributed by atoms with Gasteiger partial charge in [-0.2, -0.15) is 11.8 Å². The van der Waals surface area contributed by atoms with Gasteiger partial charge < -0.3 is 37.8 Å². The number of nitrogens with one attached hydrogen (secondary N) is 4. The summed E-state index contributed by atoms with van der Waals surface area (Å²) in [5.74, 6) is -2.09. The number of rotatable bonds is 14. The summed E-state index contributed by atoms with van der Waals surface area (Å²) in [5, 5.41) is 20.2. The van der Waals surface area contributed by atoms with E-state index in [1.54, 1.807) is 0 Å². The molecule has 1 saturated heterocycles. The summed E-state index contributed by atoms with van der Waals surface area (Å²) in [4.78, 5) is 52.8. The van der Waals surface area contributed by atoms with Crippen LogP contribution in [0.15, 0.2) is 4.99 Å². The second kappa shape index (κ2) is 14.5. The molecule has 4 unspecified atom stereocenters. The molecule has 0 aliphatic carbocycles. The molecule has 0 aromatic heterocycles. The van der Waals surface area contributed by atoms with Crippen molar-refractivity contribution in [1.82, 2.24) is 21.3 Å². The number of nitrogens with zero attached hydrogens (tertiary/aromatic N) is 1. The van der Waals surface area contributed by atoms with E-state index in [0.717, 1.165) is 13.0 Å². The fourth-order valence-electron chi connectivity index (χ4n) is 3.12. The monoisotopic (exact) mass is 473 g/mol. The van der Waals surface area contributed by atoms with Gasteiger partial charge in [-0.15, -0.1) is 0 Å². The van der Waals surface area contributed by atoms with E-state index in [-0.39, 0.29) is 30.9 Å². The first kappa shape index (κ1) is 27.5. The minimum absolute atomic E-state index is 0.0920. The van der Waals surface area contributed by atoms with Crippen molar-refractivity contribution in [3.8, 4) is 0 Å². The Morgan fingerprint density at radius 1 is 1.12 bits per heavy atom. The summed E-state index contributed by atoms with van der Waals surface area (Å²) < 4.78 is 0. The molecule has 12 nitrogen and oxygen atoms in total. The first-order valence-corrected chi connectivity index (χ1v) is 12.0. The molecule has 0 spiro atoms. The van der Waals surface area contributed by atoms with Crippen LogP contribution in [0.4, 0.5) is 0 Å². The lowest BCUT2D eigenvalue weighted by molar-refractivity contribution is -0.142. The van der Waals surface area contributed by atoms with Gasteiger partial charge in [0.05, 0.1) is 6.04 Å². The molecule has 182 valence electrons. The lowest BCUT2D eigenvalue weighted by Crippen LogP contribution is -2.56. The lowest BCUT2D eigenvalue weighted by atomic mass is 10.1. The molecule has 0 bridgehead atoms. The topological polar surface area (TPSA) is 201 Å². The van der Waals surface area contributed by atoms with Gasteiger partial charge in [-0.25, -0.2) is 4.79 Å². The zero-order valence-corrected chi connectivity index (χ0v) is 19.4. The second-order valence-electron chi connectivity index (χ2n) is 7.57. The highest BCUT2D eigenvalue weighted by atomic mass is 32.2. The molecule has 1 rings (SSSR count). The third-order valence-electron chi connectivity index (χ3n) is 4.93. The summed E-state index contributed by atoms with van der Waals surface area (Å²) in [6.07, 6.45) is 4.25. The Kier molecular flexibility index (Phi) is 12.5. The molecule has 1 aliphatic heterocycles. The predicted molar refractivity (Wildman–Crippen MR) is 123 cm³/mol. The smallest absolute Gasteiger partial charge is 0.326 e. The number of aliphatic carboxylic acids is 1. The van der Waals surface area contributed by atoms with Gasteiger partial charge in [-0.3, -0.25) is 19.4 Å². The molecule has 32 heavy (non-hydrogen) atoms. The van der Waals surface area contributed by atoms with Gasteiger partial charge in [0.25, 0.3) is 0 Å². The molecule has 1 aliphatic rings. The Hall–Kier alpha value is -2.54. The van der Waals surface area contributed by atoms with Gasteiger partial charge in [-0.05, 0) is 57.6 Å². The van der Waals surface area contributed by atoms with E-state index in [2.05, 4.69) is 26.3 Å². The number of carbonyl (C=O) groups excluding carboxylic acids is 3. The minimum Gasteiger partial charge on any atom is -0.480 e. The summed E-state index contributed by atoms with van der Waals surface area (Å²) >= 11 is 1.49.